The quantitative estimate of drug-likeness (QED) is 0.291. The van der Waals surface area contributed by atoms with Crippen molar-refractivity contribution in [2.45, 2.75) is 51.7 Å². The Balaban J connectivity index is 1.11. The van der Waals surface area contributed by atoms with Gasteiger partial charge in [-0.1, -0.05) is 24.3 Å². The highest BCUT2D eigenvalue weighted by Gasteiger charge is 2.42. The lowest BCUT2D eigenvalue weighted by Gasteiger charge is -2.29. The molecule has 0 amide bonds. The summed E-state index contributed by atoms with van der Waals surface area (Å²) in [6.07, 6.45) is 4.14. The van der Waals surface area contributed by atoms with Gasteiger partial charge in [0.1, 0.15) is 21.3 Å². The van der Waals surface area contributed by atoms with E-state index in [1.54, 1.807) is 19.1 Å². The van der Waals surface area contributed by atoms with Crippen molar-refractivity contribution in [3.05, 3.63) is 81.7 Å². The van der Waals surface area contributed by atoms with E-state index in [2.05, 4.69) is 15.5 Å². The van der Waals surface area contributed by atoms with Crippen molar-refractivity contribution in [3.8, 4) is 11.5 Å². The average molecular weight is 576 g/mol. The molecule has 0 radical (unpaired) electrons. The van der Waals surface area contributed by atoms with Crippen LogP contribution in [-0.4, -0.2) is 51.3 Å². The lowest BCUT2D eigenvalue weighted by atomic mass is 9.98. The number of aromatic nitrogens is 2. The molecule has 41 heavy (non-hydrogen) atoms. The molecule has 5 heterocycles. The third kappa shape index (κ3) is 4.69. The third-order valence-electron chi connectivity index (χ3n) is 8.12. The highest BCUT2D eigenvalue weighted by Crippen LogP contribution is 2.49. The van der Waals surface area contributed by atoms with Gasteiger partial charge in [-0.2, -0.15) is 0 Å². The summed E-state index contributed by atoms with van der Waals surface area (Å²) in [7, 11) is 0. The highest BCUT2D eigenvalue weighted by molar-refractivity contribution is 7.20. The lowest BCUT2D eigenvalue weighted by molar-refractivity contribution is -0.0708. The number of nitrogens with zero attached hydrogens (tertiary/aromatic N) is 3. The van der Waals surface area contributed by atoms with E-state index in [0.29, 0.717) is 35.0 Å². The smallest absolute Gasteiger partial charge is 0.346 e. The fourth-order valence-electron chi connectivity index (χ4n) is 5.80. The first-order valence-electron chi connectivity index (χ1n) is 13.8. The summed E-state index contributed by atoms with van der Waals surface area (Å²) in [5.74, 6) is -0.360. The van der Waals surface area contributed by atoms with Crippen molar-refractivity contribution in [3.63, 3.8) is 0 Å². The number of halogens is 1. The monoisotopic (exact) mass is 575 g/mol. The zero-order chi connectivity index (χ0) is 28.3. The maximum Gasteiger partial charge on any atom is 0.346 e. The number of ether oxygens (including phenoxy) is 3. The minimum atomic E-state index is -1.24. The van der Waals surface area contributed by atoms with Gasteiger partial charge in [-0.3, -0.25) is 4.90 Å². The molecule has 3 aliphatic rings. The number of hydrogen-bond acceptors (Lipinski definition) is 7. The molecule has 0 aliphatic carbocycles. The number of carbonyl (C=O) groups is 1. The molecule has 7 rings (SSSR count). The van der Waals surface area contributed by atoms with E-state index in [1.165, 1.54) is 17.4 Å². The van der Waals surface area contributed by atoms with E-state index >= 15 is 0 Å². The molecule has 0 bridgehead atoms. The van der Waals surface area contributed by atoms with E-state index in [-0.39, 0.29) is 11.9 Å². The Hall–Kier alpha value is -3.73. The first-order chi connectivity index (χ1) is 19.8. The number of hydrogen-bond donors (Lipinski definition) is 1. The van der Waals surface area contributed by atoms with Gasteiger partial charge in [0.15, 0.2) is 11.5 Å². The molecule has 1 N–H and O–H groups in total. The van der Waals surface area contributed by atoms with Crippen LogP contribution < -0.4 is 9.47 Å². The molecule has 4 aromatic rings. The number of thiophene rings is 1. The van der Waals surface area contributed by atoms with Crippen LogP contribution in [0.25, 0.3) is 15.9 Å². The second-order valence-corrected chi connectivity index (χ2v) is 12.0. The van der Waals surface area contributed by atoms with Gasteiger partial charge in [-0.25, -0.2) is 14.2 Å². The number of para-hydroxylation sites is 1. The van der Waals surface area contributed by atoms with Crippen LogP contribution >= 0.6 is 11.3 Å². The second-order valence-electron chi connectivity index (χ2n) is 11.0. The number of imidazole rings is 1. The molecule has 2 atom stereocenters. The van der Waals surface area contributed by atoms with Crippen molar-refractivity contribution >= 4 is 33.2 Å². The fraction of sp³-hybridized carbons (Fsp3) is 0.355. The first-order valence-corrected chi connectivity index (χ1v) is 14.6. The van der Waals surface area contributed by atoms with Crippen LogP contribution in [0.1, 0.15) is 52.0 Å². The van der Waals surface area contributed by atoms with Gasteiger partial charge < -0.3 is 23.9 Å². The van der Waals surface area contributed by atoms with Crippen molar-refractivity contribution in [2.24, 2.45) is 0 Å². The summed E-state index contributed by atoms with van der Waals surface area (Å²) in [5, 5.41) is 9.45. The molecule has 2 aromatic heterocycles. The molecule has 0 spiro atoms. The molecule has 10 heteroatoms. The largest absolute Gasteiger partial charge is 0.477 e. The Morgan fingerprint density at radius 1 is 1.24 bits per heavy atom. The number of benzene rings is 2. The predicted molar refractivity (Wildman–Crippen MR) is 153 cm³/mol. The lowest BCUT2D eigenvalue weighted by Crippen LogP contribution is -2.33. The Morgan fingerprint density at radius 3 is 2.80 bits per heavy atom. The number of aromatic carboxylic acids is 1. The normalized spacial score (nSPS) is 22.1. The van der Waals surface area contributed by atoms with Crippen molar-refractivity contribution in [2.75, 3.05) is 19.7 Å². The summed E-state index contributed by atoms with van der Waals surface area (Å²) >= 11 is 1.21. The number of carboxylic acid groups (broad SMARTS) is 1. The summed E-state index contributed by atoms with van der Waals surface area (Å²) in [4.78, 5) is 19.7. The zero-order valence-corrected chi connectivity index (χ0v) is 23.7. The first kappa shape index (κ1) is 26.2. The SMILES string of the molecule is Cc1ccc(C2(C)Oc3cccc(C4=CCN(Cc5nc6sc(C(=O)O)cc6n5CC5CCO5)CC4)c3O2)c(F)c1. The minimum Gasteiger partial charge on any atom is -0.477 e. The Morgan fingerprint density at radius 2 is 2.10 bits per heavy atom. The minimum absolute atomic E-state index is 0.133. The topological polar surface area (TPSA) is 86.1 Å². The van der Waals surface area contributed by atoms with Crippen molar-refractivity contribution in [1.29, 1.82) is 0 Å². The Kier molecular flexibility index (Phi) is 6.37. The van der Waals surface area contributed by atoms with Crippen LogP contribution in [0.5, 0.6) is 11.5 Å². The van der Waals surface area contributed by atoms with Crippen LogP contribution in [0.4, 0.5) is 4.39 Å². The third-order valence-corrected chi connectivity index (χ3v) is 9.12. The molecular weight excluding hydrogens is 545 g/mol. The molecule has 2 aromatic carbocycles. The van der Waals surface area contributed by atoms with E-state index in [1.807, 2.05) is 31.2 Å². The zero-order valence-electron chi connectivity index (χ0n) is 22.9. The maximum atomic E-state index is 14.9. The second kappa shape index (κ2) is 9.97. The van der Waals surface area contributed by atoms with Gasteiger partial charge >= 0.3 is 5.97 Å². The van der Waals surface area contributed by atoms with Crippen LogP contribution in [-0.2, 0) is 23.6 Å². The summed E-state index contributed by atoms with van der Waals surface area (Å²) in [6.45, 7) is 7.24. The molecule has 2 unspecified atom stereocenters. The Bertz CT molecular complexity index is 1710. The number of carboxylic acids is 1. The standard InChI is InChI=1S/C31H30FN3O5S/c1-18-6-7-22(23(32)14-18)31(2)39-25-5-3-4-21(28(25)40-31)19-8-11-34(12-9-19)17-27-33-29-24(15-26(41-29)30(36)37)35(27)16-20-10-13-38-20/h3-8,14-15,20H,9-13,16-17H2,1-2H3,(H,36,37). The average Bonchev–Trinajstić information content (AvgIpc) is 3.57. The molecule has 1 saturated heterocycles. The summed E-state index contributed by atoms with van der Waals surface area (Å²) in [6, 6.07) is 12.6. The van der Waals surface area contributed by atoms with E-state index in [0.717, 1.165) is 65.4 Å². The number of fused-ring (bicyclic) bond motifs is 2. The van der Waals surface area contributed by atoms with Crippen LogP contribution in [0.2, 0.25) is 0 Å². The highest BCUT2D eigenvalue weighted by atomic mass is 32.1. The van der Waals surface area contributed by atoms with E-state index in [4.69, 9.17) is 19.2 Å². The molecule has 1 fully saturated rings. The van der Waals surface area contributed by atoms with Gasteiger partial charge in [0.25, 0.3) is 5.79 Å². The van der Waals surface area contributed by atoms with Gasteiger partial charge in [-0.05, 0) is 55.2 Å². The van der Waals surface area contributed by atoms with Gasteiger partial charge in [-0.15, -0.1) is 11.3 Å². The molecule has 212 valence electrons. The molecule has 0 saturated carbocycles. The Labute approximate surface area is 240 Å². The predicted octanol–water partition coefficient (Wildman–Crippen LogP) is 5.97. The van der Waals surface area contributed by atoms with Crippen molar-refractivity contribution < 1.29 is 28.5 Å². The van der Waals surface area contributed by atoms with Gasteiger partial charge in [0, 0.05) is 32.2 Å². The molecule has 3 aliphatic heterocycles. The van der Waals surface area contributed by atoms with Crippen LogP contribution in [0, 0.1) is 12.7 Å². The number of aryl methyl sites for hydroxylation is 1. The summed E-state index contributed by atoms with van der Waals surface area (Å²) in [5.41, 5.74) is 4.19. The van der Waals surface area contributed by atoms with Gasteiger partial charge in [0.05, 0.1) is 30.3 Å². The van der Waals surface area contributed by atoms with Crippen molar-refractivity contribution in [1.82, 2.24) is 14.5 Å². The summed E-state index contributed by atoms with van der Waals surface area (Å²) < 4.78 is 35.2. The van der Waals surface area contributed by atoms with Gasteiger partial charge in [0.2, 0.25) is 0 Å². The van der Waals surface area contributed by atoms with E-state index in [9.17, 15) is 14.3 Å². The number of rotatable bonds is 7. The molecular formula is C31H30FN3O5S. The van der Waals surface area contributed by atoms with E-state index < -0.39 is 11.8 Å². The maximum absolute atomic E-state index is 14.9. The van der Waals surface area contributed by atoms with Crippen LogP contribution in [0.3, 0.4) is 0 Å². The van der Waals surface area contributed by atoms with Crippen LogP contribution in [0.15, 0.2) is 48.5 Å². The fourth-order valence-corrected chi connectivity index (χ4v) is 6.69. The molecule has 8 nitrogen and oxygen atoms in total.